The molecule has 92 valence electrons. The van der Waals surface area contributed by atoms with Crippen molar-refractivity contribution in [3.05, 3.63) is 10.6 Å². The molecule has 0 amide bonds. The van der Waals surface area contributed by atoms with Gasteiger partial charge in [0, 0.05) is 16.2 Å². The third kappa shape index (κ3) is 3.14. The summed E-state index contributed by atoms with van der Waals surface area (Å²) in [6.45, 7) is 9.73. The van der Waals surface area contributed by atoms with E-state index < -0.39 is 0 Å². The molecule has 4 heteroatoms. The van der Waals surface area contributed by atoms with Crippen LogP contribution in [0.3, 0.4) is 0 Å². The van der Waals surface area contributed by atoms with Gasteiger partial charge < -0.3 is 5.32 Å². The molecular weight excluding hydrogens is 236 g/mol. The summed E-state index contributed by atoms with van der Waals surface area (Å²) in [4.78, 5) is 5.82. The largest absolute Gasteiger partial charge is 0.360 e. The number of thiazole rings is 1. The number of hydrogen-bond donors (Lipinski definition) is 1. The number of hydrogen-bond acceptors (Lipinski definition) is 4. The highest BCUT2D eigenvalue weighted by molar-refractivity contribution is 8.00. The second kappa shape index (κ2) is 5.92. The van der Waals surface area contributed by atoms with Crippen LogP contribution in [0.15, 0.2) is 0 Å². The number of thioether (sulfide) groups is 1. The van der Waals surface area contributed by atoms with Gasteiger partial charge in [-0.3, -0.25) is 0 Å². The van der Waals surface area contributed by atoms with E-state index in [2.05, 4.69) is 44.3 Å². The monoisotopic (exact) mass is 258 g/mol. The zero-order chi connectivity index (χ0) is 12.2. The first-order valence-corrected chi connectivity index (χ1v) is 7.84. The predicted molar refractivity (Wildman–Crippen MR) is 76.9 cm³/mol. The van der Waals surface area contributed by atoms with E-state index in [1.807, 2.05) is 11.8 Å². The molecule has 0 aliphatic carbocycles. The molecule has 16 heavy (non-hydrogen) atoms. The molecule has 2 nitrogen and oxygen atoms in total. The van der Waals surface area contributed by atoms with Gasteiger partial charge in [-0.05, 0) is 32.9 Å². The topological polar surface area (TPSA) is 24.9 Å². The Labute approximate surface area is 107 Å². The zero-order valence-corrected chi connectivity index (χ0v) is 12.5. The van der Waals surface area contributed by atoms with E-state index in [9.17, 15) is 0 Å². The van der Waals surface area contributed by atoms with Gasteiger partial charge in [-0.25, -0.2) is 4.98 Å². The third-order valence-electron chi connectivity index (χ3n) is 3.31. The second-order valence-electron chi connectivity index (χ2n) is 4.11. The van der Waals surface area contributed by atoms with Crippen molar-refractivity contribution in [3.8, 4) is 0 Å². The first kappa shape index (κ1) is 13.8. The summed E-state index contributed by atoms with van der Waals surface area (Å²) in [7, 11) is 0. The molecule has 0 radical (unpaired) electrons. The number of rotatable bonds is 6. The quantitative estimate of drug-likeness (QED) is 0.832. The summed E-state index contributed by atoms with van der Waals surface area (Å²) in [6.07, 6.45) is 4.59. The fourth-order valence-corrected chi connectivity index (χ4v) is 3.25. The van der Waals surface area contributed by atoms with E-state index in [1.165, 1.54) is 17.7 Å². The van der Waals surface area contributed by atoms with Crippen LogP contribution < -0.4 is 5.32 Å². The van der Waals surface area contributed by atoms with Gasteiger partial charge in [0.1, 0.15) is 0 Å². The smallest absolute Gasteiger partial charge is 0.183 e. The Hall–Kier alpha value is -0.220. The van der Waals surface area contributed by atoms with Gasteiger partial charge >= 0.3 is 0 Å². The molecular formula is C12H22N2S2. The maximum Gasteiger partial charge on any atom is 0.183 e. The molecule has 1 aromatic rings. The average molecular weight is 258 g/mol. The molecule has 1 rings (SSSR count). The Balaban J connectivity index is 2.62. The minimum atomic E-state index is 0.355. The first-order chi connectivity index (χ1) is 7.56. The van der Waals surface area contributed by atoms with E-state index in [0.717, 1.165) is 17.4 Å². The molecule has 1 N–H and O–H groups in total. The molecule has 1 aromatic heterocycles. The molecule has 0 atom stereocenters. The SMILES string of the molecule is CCC(CC)(CNc1nc(C)c(C)s1)SC. The van der Waals surface area contributed by atoms with Crippen molar-refractivity contribution in [1.82, 2.24) is 4.98 Å². The van der Waals surface area contributed by atoms with Crippen molar-refractivity contribution in [2.75, 3.05) is 18.1 Å². The fourth-order valence-electron chi connectivity index (χ4n) is 1.65. The van der Waals surface area contributed by atoms with Gasteiger partial charge in [0.15, 0.2) is 5.13 Å². The highest BCUT2D eigenvalue weighted by atomic mass is 32.2. The highest BCUT2D eigenvalue weighted by Crippen LogP contribution is 2.31. The van der Waals surface area contributed by atoms with Crippen LogP contribution in [0, 0.1) is 13.8 Å². The van der Waals surface area contributed by atoms with Crippen LogP contribution in [0.1, 0.15) is 37.3 Å². The van der Waals surface area contributed by atoms with Gasteiger partial charge in [0.25, 0.3) is 0 Å². The molecule has 0 unspecified atom stereocenters. The standard InChI is InChI=1S/C12H22N2S2/c1-6-12(7-2,15-5)8-13-11-14-9(3)10(4)16-11/h6-8H2,1-5H3,(H,13,14). The van der Waals surface area contributed by atoms with Crippen molar-refractivity contribution < 1.29 is 0 Å². The van der Waals surface area contributed by atoms with Gasteiger partial charge in [-0.15, -0.1) is 11.3 Å². The first-order valence-electron chi connectivity index (χ1n) is 5.80. The Morgan fingerprint density at radius 2 is 1.94 bits per heavy atom. The molecule has 0 saturated carbocycles. The Bertz CT molecular complexity index is 302. The van der Waals surface area contributed by atoms with Gasteiger partial charge in [-0.1, -0.05) is 13.8 Å². The number of aromatic nitrogens is 1. The number of anilines is 1. The number of nitrogens with zero attached hydrogens (tertiary/aromatic N) is 1. The van der Waals surface area contributed by atoms with Crippen LogP contribution >= 0.6 is 23.1 Å². The van der Waals surface area contributed by atoms with Crippen molar-refractivity contribution in [2.24, 2.45) is 0 Å². The van der Waals surface area contributed by atoms with Crippen molar-refractivity contribution >= 4 is 28.2 Å². The summed E-state index contributed by atoms with van der Waals surface area (Å²) in [6, 6.07) is 0. The Morgan fingerprint density at radius 1 is 1.31 bits per heavy atom. The third-order valence-corrected chi connectivity index (χ3v) is 5.93. The summed E-state index contributed by atoms with van der Waals surface area (Å²) in [5.41, 5.74) is 1.15. The lowest BCUT2D eigenvalue weighted by Crippen LogP contribution is -2.31. The van der Waals surface area contributed by atoms with E-state index >= 15 is 0 Å². The van der Waals surface area contributed by atoms with Gasteiger partial charge in [0.05, 0.1) is 5.69 Å². The molecule has 0 aliphatic rings. The normalized spacial score (nSPS) is 11.8. The minimum Gasteiger partial charge on any atom is -0.360 e. The van der Waals surface area contributed by atoms with Gasteiger partial charge in [0.2, 0.25) is 0 Å². The van der Waals surface area contributed by atoms with Crippen LogP contribution in [0.2, 0.25) is 0 Å². The Kier molecular flexibility index (Phi) is 5.12. The van der Waals surface area contributed by atoms with Crippen LogP contribution in [-0.2, 0) is 0 Å². The Morgan fingerprint density at radius 3 is 2.31 bits per heavy atom. The van der Waals surface area contributed by atoms with E-state index in [-0.39, 0.29) is 0 Å². The molecule has 0 aromatic carbocycles. The summed E-state index contributed by atoms with van der Waals surface area (Å²) >= 11 is 3.72. The van der Waals surface area contributed by atoms with Crippen LogP contribution in [0.4, 0.5) is 5.13 Å². The number of nitrogens with one attached hydrogen (secondary N) is 1. The average Bonchev–Trinajstić information content (AvgIpc) is 2.61. The lowest BCUT2D eigenvalue weighted by Gasteiger charge is -2.29. The molecule has 0 saturated heterocycles. The summed E-state index contributed by atoms with van der Waals surface area (Å²) < 4.78 is 0.355. The summed E-state index contributed by atoms with van der Waals surface area (Å²) in [5, 5.41) is 4.55. The van der Waals surface area contributed by atoms with E-state index in [4.69, 9.17) is 0 Å². The zero-order valence-electron chi connectivity index (χ0n) is 10.9. The van der Waals surface area contributed by atoms with Crippen LogP contribution in [0.25, 0.3) is 0 Å². The fraction of sp³-hybridized carbons (Fsp3) is 0.750. The summed E-state index contributed by atoms with van der Waals surface area (Å²) in [5.74, 6) is 0. The molecule has 0 spiro atoms. The molecule has 1 heterocycles. The van der Waals surface area contributed by atoms with E-state index in [0.29, 0.717) is 4.75 Å². The molecule has 0 bridgehead atoms. The van der Waals surface area contributed by atoms with Crippen molar-refractivity contribution in [1.29, 1.82) is 0 Å². The highest BCUT2D eigenvalue weighted by Gasteiger charge is 2.24. The number of aryl methyl sites for hydroxylation is 2. The van der Waals surface area contributed by atoms with Gasteiger partial charge in [-0.2, -0.15) is 11.8 Å². The predicted octanol–water partition coefficient (Wildman–Crippen LogP) is 4.09. The van der Waals surface area contributed by atoms with E-state index in [1.54, 1.807) is 11.3 Å². The van der Waals surface area contributed by atoms with Crippen LogP contribution in [-0.4, -0.2) is 22.5 Å². The van der Waals surface area contributed by atoms with Crippen LogP contribution in [0.5, 0.6) is 0 Å². The van der Waals surface area contributed by atoms with Crippen molar-refractivity contribution in [2.45, 2.75) is 45.3 Å². The molecule has 0 fully saturated rings. The molecule has 0 aliphatic heterocycles. The van der Waals surface area contributed by atoms with Crippen molar-refractivity contribution in [3.63, 3.8) is 0 Å². The minimum absolute atomic E-state index is 0.355. The maximum absolute atomic E-state index is 4.51. The second-order valence-corrected chi connectivity index (χ2v) is 6.59. The lowest BCUT2D eigenvalue weighted by atomic mass is 10.0. The lowest BCUT2D eigenvalue weighted by molar-refractivity contribution is 0.574. The maximum atomic E-state index is 4.51.